The fourth-order valence-electron chi connectivity index (χ4n) is 3.70. The molecular formula is C22H25FN4O2. The number of aryl methyl sites for hydroxylation is 2. The summed E-state index contributed by atoms with van der Waals surface area (Å²) in [6, 6.07) is 3.64. The Morgan fingerprint density at radius 2 is 2.14 bits per heavy atom. The highest BCUT2D eigenvalue weighted by molar-refractivity contribution is 6.05. The molecule has 152 valence electrons. The zero-order valence-electron chi connectivity index (χ0n) is 17.0. The molecule has 29 heavy (non-hydrogen) atoms. The highest BCUT2D eigenvalue weighted by Gasteiger charge is 2.41. The van der Waals surface area contributed by atoms with E-state index in [4.69, 9.17) is 10.3 Å². The van der Waals surface area contributed by atoms with E-state index in [9.17, 15) is 9.50 Å². The SMILES string of the molecule is C=NC(=CC)C(O)(C1=NCC(F)C=C1)c1cc(-c2c(C)noc2C)cc(N)c1C. The number of allylic oxidation sites excluding steroid dienone is 1. The van der Waals surface area contributed by atoms with Crippen LogP contribution in [0.3, 0.4) is 0 Å². The lowest BCUT2D eigenvalue weighted by Crippen LogP contribution is -2.39. The smallest absolute Gasteiger partial charge is 0.173 e. The average molecular weight is 396 g/mol. The van der Waals surface area contributed by atoms with Gasteiger partial charge in [0.25, 0.3) is 0 Å². The third-order valence-corrected chi connectivity index (χ3v) is 5.24. The second-order valence-corrected chi connectivity index (χ2v) is 7.08. The summed E-state index contributed by atoms with van der Waals surface area (Å²) in [5.41, 5.74) is 9.07. The van der Waals surface area contributed by atoms with Crippen LogP contribution >= 0.6 is 0 Å². The molecule has 7 heteroatoms. The monoisotopic (exact) mass is 396 g/mol. The van der Waals surface area contributed by atoms with Crippen LogP contribution in [-0.4, -0.2) is 35.4 Å². The van der Waals surface area contributed by atoms with Crippen LogP contribution in [0.15, 0.2) is 50.6 Å². The fraction of sp³-hybridized carbons (Fsp3) is 0.318. The van der Waals surface area contributed by atoms with Crippen molar-refractivity contribution in [3.05, 3.63) is 58.6 Å². The van der Waals surface area contributed by atoms with Gasteiger partial charge in [-0.3, -0.25) is 9.98 Å². The predicted molar refractivity (Wildman–Crippen MR) is 114 cm³/mol. The molecule has 2 heterocycles. The summed E-state index contributed by atoms with van der Waals surface area (Å²) >= 11 is 0. The summed E-state index contributed by atoms with van der Waals surface area (Å²) in [4.78, 5) is 8.31. The topological polar surface area (TPSA) is 97.0 Å². The van der Waals surface area contributed by atoms with E-state index in [-0.39, 0.29) is 18.0 Å². The van der Waals surface area contributed by atoms with Crippen LogP contribution in [0.5, 0.6) is 0 Å². The number of halogens is 1. The molecule has 1 aromatic heterocycles. The van der Waals surface area contributed by atoms with Gasteiger partial charge in [0.2, 0.25) is 0 Å². The second kappa shape index (κ2) is 7.75. The van der Waals surface area contributed by atoms with E-state index in [1.165, 1.54) is 12.2 Å². The number of nitrogen functional groups attached to an aromatic ring is 1. The third kappa shape index (κ3) is 3.42. The number of aliphatic imine (C=N–C) groups is 2. The first-order chi connectivity index (χ1) is 13.7. The molecule has 2 unspecified atom stereocenters. The highest BCUT2D eigenvalue weighted by atomic mass is 19.1. The number of anilines is 1. The lowest BCUT2D eigenvalue weighted by Gasteiger charge is -2.33. The molecule has 0 saturated heterocycles. The molecule has 0 radical (unpaired) electrons. The van der Waals surface area contributed by atoms with Crippen LogP contribution in [0.2, 0.25) is 0 Å². The zero-order chi connectivity index (χ0) is 21.3. The van der Waals surface area contributed by atoms with Crippen LogP contribution in [0.1, 0.15) is 29.5 Å². The largest absolute Gasteiger partial charge is 0.398 e. The van der Waals surface area contributed by atoms with E-state index in [1.807, 2.05) is 32.9 Å². The van der Waals surface area contributed by atoms with Crippen molar-refractivity contribution >= 4 is 18.1 Å². The Kier molecular flexibility index (Phi) is 5.53. The van der Waals surface area contributed by atoms with Crippen LogP contribution < -0.4 is 5.73 Å². The Morgan fingerprint density at radius 1 is 1.41 bits per heavy atom. The first kappa shape index (κ1) is 20.7. The molecule has 0 fully saturated rings. The van der Waals surface area contributed by atoms with Gasteiger partial charge in [0, 0.05) is 16.8 Å². The summed E-state index contributed by atoms with van der Waals surface area (Å²) < 4.78 is 18.9. The molecule has 1 aliphatic heterocycles. The number of aliphatic hydroxyl groups is 1. The first-order valence-corrected chi connectivity index (χ1v) is 9.30. The van der Waals surface area contributed by atoms with Gasteiger partial charge in [-0.25, -0.2) is 4.39 Å². The fourth-order valence-corrected chi connectivity index (χ4v) is 3.70. The molecular weight excluding hydrogens is 371 g/mol. The van der Waals surface area contributed by atoms with Crippen LogP contribution in [-0.2, 0) is 5.60 Å². The summed E-state index contributed by atoms with van der Waals surface area (Å²) in [6.45, 7) is 10.7. The van der Waals surface area contributed by atoms with Crippen LogP contribution in [0.4, 0.5) is 10.1 Å². The minimum atomic E-state index is -1.74. The number of hydrogen-bond acceptors (Lipinski definition) is 6. The Labute approximate surface area is 169 Å². The Morgan fingerprint density at radius 3 is 2.66 bits per heavy atom. The van der Waals surface area contributed by atoms with Crippen molar-refractivity contribution in [3.8, 4) is 11.1 Å². The molecule has 0 aliphatic carbocycles. The van der Waals surface area contributed by atoms with Gasteiger partial charge in [-0.15, -0.1) is 0 Å². The van der Waals surface area contributed by atoms with Gasteiger partial charge in [0.05, 0.1) is 23.6 Å². The number of benzene rings is 1. The minimum absolute atomic E-state index is 0.0691. The molecule has 3 N–H and O–H groups in total. The number of dihydropyridines is 1. The third-order valence-electron chi connectivity index (χ3n) is 5.24. The zero-order valence-corrected chi connectivity index (χ0v) is 17.0. The van der Waals surface area contributed by atoms with Crippen molar-refractivity contribution in [2.45, 2.75) is 39.5 Å². The van der Waals surface area contributed by atoms with Crippen LogP contribution in [0.25, 0.3) is 11.1 Å². The highest BCUT2D eigenvalue weighted by Crippen LogP contribution is 2.40. The maximum atomic E-state index is 13.6. The maximum absolute atomic E-state index is 13.6. The van der Waals surface area contributed by atoms with Crippen molar-refractivity contribution in [1.29, 1.82) is 0 Å². The molecule has 0 spiro atoms. The van der Waals surface area contributed by atoms with Gasteiger partial charge >= 0.3 is 0 Å². The summed E-state index contributed by atoms with van der Waals surface area (Å²) in [5.74, 6) is 0.642. The number of aromatic nitrogens is 1. The molecule has 1 aromatic carbocycles. The van der Waals surface area contributed by atoms with Gasteiger partial charge < -0.3 is 15.4 Å². The minimum Gasteiger partial charge on any atom is -0.398 e. The molecule has 3 rings (SSSR count). The molecule has 0 amide bonds. The number of alkyl halides is 1. The molecule has 6 nitrogen and oxygen atoms in total. The quantitative estimate of drug-likeness (QED) is 0.590. The van der Waals surface area contributed by atoms with E-state index in [1.54, 1.807) is 13.0 Å². The Hall–Kier alpha value is -3.06. The van der Waals surface area contributed by atoms with E-state index in [2.05, 4.69) is 21.9 Å². The number of hydrogen-bond donors (Lipinski definition) is 2. The first-order valence-electron chi connectivity index (χ1n) is 9.30. The molecule has 0 saturated carbocycles. The lowest BCUT2D eigenvalue weighted by atomic mass is 9.80. The van der Waals surface area contributed by atoms with E-state index < -0.39 is 11.8 Å². The van der Waals surface area contributed by atoms with E-state index >= 15 is 0 Å². The molecule has 0 bridgehead atoms. The van der Waals surface area contributed by atoms with Crippen molar-refractivity contribution < 1.29 is 14.0 Å². The Balaban J connectivity index is 2.32. The van der Waals surface area contributed by atoms with E-state index in [0.29, 0.717) is 28.3 Å². The molecule has 1 aliphatic rings. The van der Waals surface area contributed by atoms with Gasteiger partial charge in [-0.1, -0.05) is 11.2 Å². The predicted octanol–water partition coefficient (Wildman–Crippen LogP) is 3.99. The molecule has 2 atom stereocenters. The number of rotatable bonds is 5. The van der Waals surface area contributed by atoms with Gasteiger partial charge in [0.1, 0.15) is 11.9 Å². The van der Waals surface area contributed by atoms with Gasteiger partial charge in [-0.05, 0) is 69.8 Å². The van der Waals surface area contributed by atoms with E-state index in [0.717, 1.165) is 11.1 Å². The summed E-state index contributed by atoms with van der Waals surface area (Å²) in [6.07, 6.45) is 3.33. The van der Waals surface area contributed by atoms with Crippen molar-refractivity contribution in [3.63, 3.8) is 0 Å². The Bertz CT molecular complexity index is 1030. The summed E-state index contributed by atoms with van der Waals surface area (Å²) in [5, 5.41) is 15.9. The van der Waals surface area contributed by atoms with Gasteiger partial charge in [0.15, 0.2) is 5.60 Å². The van der Waals surface area contributed by atoms with Crippen molar-refractivity contribution in [2.75, 3.05) is 12.3 Å². The van der Waals surface area contributed by atoms with Crippen molar-refractivity contribution in [2.24, 2.45) is 9.98 Å². The molecule has 2 aromatic rings. The number of nitrogens with two attached hydrogens (primary N) is 1. The average Bonchev–Trinajstić information content (AvgIpc) is 3.03. The number of nitrogens with zero attached hydrogens (tertiary/aromatic N) is 3. The second-order valence-electron chi connectivity index (χ2n) is 7.08. The maximum Gasteiger partial charge on any atom is 0.173 e. The summed E-state index contributed by atoms with van der Waals surface area (Å²) in [7, 11) is 0. The van der Waals surface area contributed by atoms with Gasteiger partial charge in [-0.2, -0.15) is 0 Å². The van der Waals surface area contributed by atoms with Crippen molar-refractivity contribution in [1.82, 2.24) is 5.16 Å². The lowest BCUT2D eigenvalue weighted by molar-refractivity contribution is 0.149. The van der Waals surface area contributed by atoms with Crippen LogP contribution in [0, 0.1) is 20.8 Å². The standard InChI is InChI=1S/C22H25FN4O2/c1-6-19(25-5)22(28,20-8-7-16(23)11-26-20)17-9-15(10-18(24)12(17)2)21-13(3)27-29-14(21)4/h6-10,16,28H,5,11,24H2,1-4H3. The normalized spacial score (nSPS) is 19.0.